The molecule has 0 unspecified atom stereocenters. The standard InChI is InChI=1S/C16H29BrO2/c1-2-3-14-4-8-16(13-17,9-5-14)19-12-15-6-10-18-11-7-15/h14-15H,2-13H2,1H3. The van der Waals surface area contributed by atoms with Crippen LogP contribution in [0.2, 0.25) is 0 Å². The Bertz CT molecular complexity index is 243. The minimum atomic E-state index is 0.128. The van der Waals surface area contributed by atoms with Crippen LogP contribution in [0.3, 0.4) is 0 Å². The van der Waals surface area contributed by atoms with Gasteiger partial charge in [-0.1, -0.05) is 35.7 Å². The Morgan fingerprint density at radius 2 is 1.79 bits per heavy atom. The molecule has 1 heterocycles. The molecule has 0 aromatic carbocycles. The van der Waals surface area contributed by atoms with E-state index < -0.39 is 0 Å². The van der Waals surface area contributed by atoms with Gasteiger partial charge in [0.1, 0.15) is 0 Å². The summed E-state index contributed by atoms with van der Waals surface area (Å²) in [6.07, 6.45) is 10.3. The molecular formula is C16H29BrO2. The molecule has 2 aliphatic rings. The summed E-state index contributed by atoms with van der Waals surface area (Å²) >= 11 is 3.70. The van der Waals surface area contributed by atoms with Gasteiger partial charge in [0.15, 0.2) is 0 Å². The summed E-state index contributed by atoms with van der Waals surface area (Å²) in [7, 11) is 0. The maximum Gasteiger partial charge on any atom is 0.0779 e. The third kappa shape index (κ3) is 4.71. The summed E-state index contributed by atoms with van der Waals surface area (Å²) in [6, 6.07) is 0. The zero-order chi connectivity index (χ0) is 13.6. The number of ether oxygens (including phenoxy) is 2. The van der Waals surface area contributed by atoms with Gasteiger partial charge in [0, 0.05) is 18.5 Å². The smallest absolute Gasteiger partial charge is 0.0779 e. The Morgan fingerprint density at radius 3 is 2.37 bits per heavy atom. The van der Waals surface area contributed by atoms with E-state index in [1.54, 1.807) is 0 Å². The van der Waals surface area contributed by atoms with Crippen molar-refractivity contribution in [3.05, 3.63) is 0 Å². The monoisotopic (exact) mass is 332 g/mol. The molecule has 0 amide bonds. The minimum absolute atomic E-state index is 0.128. The predicted octanol–water partition coefficient (Wildman–Crippen LogP) is 4.55. The van der Waals surface area contributed by atoms with Crippen LogP contribution in [0.15, 0.2) is 0 Å². The van der Waals surface area contributed by atoms with E-state index >= 15 is 0 Å². The molecule has 3 heteroatoms. The lowest BCUT2D eigenvalue weighted by Gasteiger charge is -2.40. The molecule has 2 fully saturated rings. The van der Waals surface area contributed by atoms with E-state index in [1.807, 2.05) is 0 Å². The lowest BCUT2D eigenvalue weighted by molar-refractivity contribution is -0.0860. The molecule has 19 heavy (non-hydrogen) atoms. The van der Waals surface area contributed by atoms with Crippen molar-refractivity contribution in [2.75, 3.05) is 25.2 Å². The van der Waals surface area contributed by atoms with E-state index in [2.05, 4.69) is 22.9 Å². The Morgan fingerprint density at radius 1 is 1.11 bits per heavy atom. The van der Waals surface area contributed by atoms with Crippen molar-refractivity contribution in [1.82, 2.24) is 0 Å². The third-order valence-corrected chi connectivity index (χ3v) is 5.94. The second-order valence-electron chi connectivity index (χ2n) is 6.42. The molecule has 1 saturated heterocycles. The van der Waals surface area contributed by atoms with Crippen LogP contribution in [-0.4, -0.2) is 30.8 Å². The van der Waals surface area contributed by atoms with Gasteiger partial charge in [0.2, 0.25) is 0 Å². The first-order valence-electron chi connectivity index (χ1n) is 8.05. The normalized spacial score (nSPS) is 33.5. The van der Waals surface area contributed by atoms with Gasteiger partial charge >= 0.3 is 0 Å². The molecule has 1 aliphatic heterocycles. The van der Waals surface area contributed by atoms with Crippen LogP contribution in [0.5, 0.6) is 0 Å². The van der Waals surface area contributed by atoms with Gasteiger partial charge in [-0.2, -0.15) is 0 Å². The fraction of sp³-hybridized carbons (Fsp3) is 1.00. The molecule has 0 radical (unpaired) electrons. The average Bonchev–Trinajstić information content (AvgIpc) is 2.48. The molecule has 1 saturated carbocycles. The Labute approximate surface area is 126 Å². The maximum absolute atomic E-state index is 6.38. The highest BCUT2D eigenvalue weighted by molar-refractivity contribution is 9.09. The minimum Gasteiger partial charge on any atom is -0.381 e. The molecule has 0 spiro atoms. The summed E-state index contributed by atoms with van der Waals surface area (Å²) in [6.45, 7) is 5.09. The van der Waals surface area contributed by atoms with Crippen LogP contribution in [0.4, 0.5) is 0 Å². The second-order valence-corrected chi connectivity index (χ2v) is 6.98. The zero-order valence-corrected chi connectivity index (χ0v) is 13.9. The summed E-state index contributed by atoms with van der Waals surface area (Å²) in [5.74, 6) is 1.67. The number of alkyl halides is 1. The van der Waals surface area contributed by atoms with Gasteiger partial charge in [0.05, 0.1) is 12.2 Å². The van der Waals surface area contributed by atoms with Crippen molar-refractivity contribution < 1.29 is 9.47 Å². The topological polar surface area (TPSA) is 18.5 Å². The predicted molar refractivity (Wildman–Crippen MR) is 82.9 cm³/mol. The van der Waals surface area contributed by atoms with Crippen LogP contribution in [0.25, 0.3) is 0 Å². The van der Waals surface area contributed by atoms with Crippen LogP contribution >= 0.6 is 15.9 Å². The van der Waals surface area contributed by atoms with Crippen molar-refractivity contribution in [2.45, 2.75) is 63.9 Å². The van der Waals surface area contributed by atoms with Crippen molar-refractivity contribution in [2.24, 2.45) is 11.8 Å². The van der Waals surface area contributed by atoms with Crippen LogP contribution in [0.1, 0.15) is 58.3 Å². The Hall–Kier alpha value is 0.400. The molecule has 2 nitrogen and oxygen atoms in total. The van der Waals surface area contributed by atoms with Gasteiger partial charge in [0.25, 0.3) is 0 Å². The largest absolute Gasteiger partial charge is 0.381 e. The van der Waals surface area contributed by atoms with Crippen LogP contribution < -0.4 is 0 Å². The number of hydrogen-bond donors (Lipinski definition) is 0. The number of hydrogen-bond acceptors (Lipinski definition) is 2. The molecule has 0 atom stereocenters. The van der Waals surface area contributed by atoms with Crippen molar-refractivity contribution in [1.29, 1.82) is 0 Å². The fourth-order valence-corrected chi connectivity index (χ4v) is 4.15. The average molecular weight is 333 g/mol. The third-order valence-electron chi connectivity index (χ3n) is 4.92. The van der Waals surface area contributed by atoms with Gasteiger partial charge in [-0.25, -0.2) is 0 Å². The first-order chi connectivity index (χ1) is 9.28. The molecule has 0 aromatic heterocycles. The van der Waals surface area contributed by atoms with E-state index in [1.165, 1.54) is 51.4 Å². The second kappa shape index (κ2) is 7.99. The Balaban J connectivity index is 1.75. The summed E-state index contributed by atoms with van der Waals surface area (Å²) < 4.78 is 11.8. The van der Waals surface area contributed by atoms with E-state index in [0.29, 0.717) is 0 Å². The molecule has 0 bridgehead atoms. The molecule has 2 rings (SSSR count). The molecule has 112 valence electrons. The Kier molecular flexibility index (Phi) is 6.64. The van der Waals surface area contributed by atoms with Crippen LogP contribution in [0, 0.1) is 11.8 Å². The SMILES string of the molecule is CCCC1CCC(CBr)(OCC2CCOCC2)CC1. The zero-order valence-electron chi connectivity index (χ0n) is 12.3. The highest BCUT2D eigenvalue weighted by atomic mass is 79.9. The van der Waals surface area contributed by atoms with Gasteiger partial charge in [-0.15, -0.1) is 0 Å². The van der Waals surface area contributed by atoms with Gasteiger partial charge < -0.3 is 9.47 Å². The molecule has 1 aliphatic carbocycles. The van der Waals surface area contributed by atoms with Crippen molar-refractivity contribution in [3.63, 3.8) is 0 Å². The molecular weight excluding hydrogens is 304 g/mol. The summed E-state index contributed by atoms with van der Waals surface area (Å²) in [4.78, 5) is 0. The lowest BCUT2D eigenvalue weighted by Crippen LogP contribution is -2.40. The fourth-order valence-electron chi connectivity index (χ4n) is 3.42. The molecule has 0 N–H and O–H groups in total. The summed E-state index contributed by atoms with van der Waals surface area (Å²) in [5, 5.41) is 1.00. The number of rotatable bonds is 6. The van der Waals surface area contributed by atoms with Gasteiger partial charge in [-0.05, 0) is 50.4 Å². The first-order valence-corrected chi connectivity index (χ1v) is 9.18. The highest BCUT2D eigenvalue weighted by Crippen LogP contribution is 2.38. The summed E-state index contributed by atoms with van der Waals surface area (Å²) in [5.41, 5.74) is 0.128. The van der Waals surface area contributed by atoms with Crippen molar-refractivity contribution in [3.8, 4) is 0 Å². The van der Waals surface area contributed by atoms with Gasteiger partial charge in [-0.3, -0.25) is 0 Å². The highest BCUT2D eigenvalue weighted by Gasteiger charge is 2.35. The van der Waals surface area contributed by atoms with Crippen molar-refractivity contribution >= 4 is 15.9 Å². The maximum atomic E-state index is 6.38. The van der Waals surface area contributed by atoms with E-state index in [0.717, 1.165) is 37.0 Å². The van der Waals surface area contributed by atoms with E-state index in [-0.39, 0.29) is 5.60 Å². The molecule has 0 aromatic rings. The lowest BCUT2D eigenvalue weighted by atomic mass is 9.78. The van der Waals surface area contributed by atoms with E-state index in [4.69, 9.17) is 9.47 Å². The number of halogens is 1. The first kappa shape index (κ1) is 15.8. The van der Waals surface area contributed by atoms with E-state index in [9.17, 15) is 0 Å². The quantitative estimate of drug-likeness (QED) is 0.664. The van der Waals surface area contributed by atoms with Crippen LogP contribution in [-0.2, 0) is 9.47 Å².